The standard InChI is InChI=1S/C9H6BrN3O/c10-8-4-12-13(5-8)9-2-1-7(6-14)3-11-9/h1-6H. The molecule has 70 valence electrons. The second kappa shape index (κ2) is 3.71. The number of rotatable bonds is 2. The third-order valence-corrected chi connectivity index (χ3v) is 2.10. The van der Waals surface area contributed by atoms with Gasteiger partial charge in [-0.05, 0) is 28.1 Å². The van der Waals surface area contributed by atoms with Crippen molar-refractivity contribution in [2.24, 2.45) is 0 Å². The summed E-state index contributed by atoms with van der Waals surface area (Å²) < 4.78 is 2.51. The fourth-order valence-electron chi connectivity index (χ4n) is 1.03. The van der Waals surface area contributed by atoms with Gasteiger partial charge in [0.25, 0.3) is 0 Å². The highest BCUT2D eigenvalue weighted by Gasteiger charge is 1.99. The van der Waals surface area contributed by atoms with Gasteiger partial charge in [-0.3, -0.25) is 4.79 Å². The molecule has 4 nitrogen and oxygen atoms in total. The van der Waals surface area contributed by atoms with Crippen LogP contribution in [0.1, 0.15) is 10.4 Å². The average Bonchev–Trinajstić information content (AvgIpc) is 2.65. The monoisotopic (exact) mass is 251 g/mol. The summed E-state index contributed by atoms with van der Waals surface area (Å²) in [7, 11) is 0. The summed E-state index contributed by atoms with van der Waals surface area (Å²) in [5, 5.41) is 4.06. The van der Waals surface area contributed by atoms with E-state index >= 15 is 0 Å². The SMILES string of the molecule is O=Cc1ccc(-n2cc(Br)cn2)nc1. The van der Waals surface area contributed by atoms with Gasteiger partial charge in [0.2, 0.25) is 0 Å². The van der Waals surface area contributed by atoms with E-state index in [9.17, 15) is 4.79 Å². The van der Waals surface area contributed by atoms with Crippen LogP contribution in [0.4, 0.5) is 0 Å². The Balaban J connectivity index is 2.38. The van der Waals surface area contributed by atoms with Gasteiger partial charge in [0.1, 0.15) is 0 Å². The first-order valence-electron chi connectivity index (χ1n) is 3.91. The van der Waals surface area contributed by atoms with Gasteiger partial charge in [-0.15, -0.1) is 0 Å². The maximum Gasteiger partial charge on any atom is 0.153 e. The molecule has 0 aromatic carbocycles. The van der Waals surface area contributed by atoms with E-state index in [1.165, 1.54) is 6.20 Å². The van der Waals surface area contributed by atoms with Crippen LogP contribution in [0.15, 0.2) is 35.2 Å². The van der Waals surface area contributed by atoms with Crippen LogP contribution in [-0.4, -0.2) is 21.1 Å². The molecule has 0 N–H and O–H groups in total. The summed E-state index contributed by atoms with van der Waals surface area (Å²) in [5.41, 5.74) is 0.556. The Morgan fingerprint density at radius 2 is 2.21 bits per heavy atom. The molecule has 0 unspecified atom stereocenters. The molecule has 2 rings (SSSR count). The largest absolute Gasteiger partial charge is 0.298 e. The van der Waals surface area contributed by atoms with E-state index in [1.54, 1.807) is 29.2 Å². The van der Waals surface area contributed by atoms with Gasteiger partial charge < -0.3 is 0 Å². The van der Waals surface area contributed by atoms with Crippen molar-refractivity contribution in [3.05, 3.63) is 40.8 Å². The van der Waals surface area contributed by atoms with E-state index in [2.05, 4.69) is 26.0 Å². The molecule has 2 aromatic rings. The minimum atomic E-state index is 0.556. The number of carbonyl (C=O) groups is 1. The van der Waals surface area contributed by atoms with Crippen molar-refractivity contribution in [3.8, 4) is 5.82 Å². The Morgan fingerprint density at radius 3 is 2.71 bits per heavy atom. The molecule has 2 aromatic heterocycles. The van der Waals surface area contributed by atoms with Crippen LogP contribution < -0.4 is 0 Å². The molecule has 14 heavy (non-hydrogen) atoms. The number of hydrogen-bond donors (Lipinski definition) is 0. The lowest BCUT2D eigenvalue weighted by molar-refractivity contribution is 0.112. The molecule has 0 saturated carbocycles. The number of pyridine rings is 1. The minimum Gasteiger partial charge on any atom is -0.298 e. The number of halogens is 1. The Bertz CT molecular complexity index is 449. The Morgan fingerprint density at radius 1 is 1.36 bits per heavy atom. The van der Waals surface area contributed by atoms with Gasteiger partial charge in [0, 0.05) is 18.0 Å². The minimum absolute atomic E-state index is 0.556. The molecule has 0 bridgehead atoms. The van der Waals surface area contributed by atoms with E-state index < -0.39 is 0 Å². The lowest BCUT2D eigenvalue weighted by Gasteiger charge is -1.98. The zero-order chi connectivity index (χ0) is 9.97. The highest BCUT2D eigenvalue weighted by Crippen LogP contribution is 2.10. The maximum absolute atomic E-state index is 10.4. The van der Waals surface area contributed by atoms with Gasteiger partial charge in [-0.2, -0.15) is 5.10 Å². The van der Waals surface area contributed by atoms with Gasteiger partial charge in [-0.25, -0.2) is 9.67 Å². The van der Waals surface area contributed by atoms with Crippen LogP contribution in [0.3, 0.4) is 0 Å². The second-order valence-electron chi connectivity index (χ2n) is 2.67. The second-order valence-corrected chi connectivity index (χ2v) is 3.59. The van der Waals surface area contributed by atoms with E-state index in [0.29, 0.717) is 11.4 Å². The van der Waals surface area contributed by atoms with Crippen LogP contribution in [0.2, 0.25) is 0 Å². The van der Waals surface area contributed by atoms with E-state index in [0.717, 1.165) is 10.8 Å². The summed E-state index contributed by atoms with van der Waals surface area (Å²) in [5.74, 6) is 0.682. The molecule has 0 saturated heterocycles. The van der Waals surface area contributed by atoms with Gasteiger partial charge in [-0.1, -0.05) is 0 Å². The molecule has 0 atom stereocenters. The van der Waals surface area contributed by atoms with Gasteiger partial charge >= 0.3 is 0 Å². The van der Waals surface area contributed by atoms with Crippen LogP contribution in [0.25, 0.3) is 5.82 Å². The molecule has 2 heterocycles. The molecular formula is C9H6BrN3O. The van der Waals surface area contributed by atoms with Crippen molar-refractivity contribution in [2.45, 2.75) is 0 Å². The first kappa shape index (κ1) is 9.08. The molecule has 0 radical (unpaired) electrons. The van der Waals surface area contributed by atoms with Crippen LogP contribution in [0, 0.1) is 0 Å². The number of nitrogens with zero attached hydrogens (tertiary/aromatic N) is 3. The lowest BCUT2D eigenvalue weighted by atomic mass is 10.3. The fraction of sp³-hybridized carbons (Fsp3) is 0. The zero-order valence-electron chi connectivity index (χ0n) is 7.09. The van der Waals surface area contributed by atoms with Crippen molar-refractivity contribution in [3.63, 3.8) is 0 Å². The third-order valence-electron chi connectivity index (χ3n) is 1.69. The number of aldehydes is 1. The summed E-state index contributed by atoms with van der Waals surface area (Å²) in [4.78, 5) is 14.5. The predicted molar refractivity (Wildman–Crippen MR) is 54.4 cm³/mol. The molecule has 5 heteroatoms. The topological polar surface area (TPSA) is 47.8 Å². The summed E-state index contributed by atoms with van der Waals surface area (Å²) >= 11 is 3.29. The molecule has 0 amide bonds. The van der Waals surface area contributed by atoms with Crippen LogP contribution in [-0.2, 0) is 0 Å². The smallest absolute Gasteiger partial charge is 0.153 e. The molecule has 0 aliphatic heterocycles. The van der Waals surface area contributed by atoms with E-state index in [1.807, 2.05) is 0 Å². The number of hydrogen-bond acceptors (Lipinski definition) is 3. The van der Waals surface area contributed by atoms with Gasteiger partial charge in [0.05, 0.1) is 10.7 Å². The van der Waals surface area contributed by atoms with Crippen molar-refractivity contribution >= 4 is 22.2 Å². The molecular weight excluding hydrogens is 246 g/mol. The van der Waals surface area contributed by atoms with Crippen LogP contribution >= 0.6 is 15.9 Å². The van der Waals surface area contributed by atoms with E-state index in [4.69, 9.17) is 0 Å². The van der Waals surface area contributed by atoms with Crippen molar-refractivity contribution in [1.29, 1.82) is 0 Å². The zero-order valence-corrected chi connectivity index (χ0v) is 8.68. The summed E-state index contributed by atoms with van der Waals surface area (Å²) in [6.45, 7) is 0. The first-order valence-corrected chi connectivity index (χ1v) is 4.70. The predicted octanol–water partition coefficient (Wildman–Crippen LogP) is 1.84. The number of carbonyl (C=O) groups excluding carboxylic acids is 1. The van der Waals surface area contributed by atoms with Crippen LogP contribution in [0.5, 0.6) is 0 Å². The first-order chi connectivity index (χ1) is 6.79. The summed E-state index contributed by atoms with van der Waals surface area (Å²) in [6.07, 6.45) is 5.74. The molecule has 0 aliphatic carbocycles. The Hall–Kier alpha value is -1.49. The normalized spacial score (nSPS) is 10.1. The van der Waals surface area contributed by atoms with Crippen molar-refractivity contribution < 1.29 is 4.79 Å². The van der Waals surface area contributed by atoms with Crippen molar-refractivity contribution in [2.75, 3.05) is 0 Å². The number of aromatic nitrogens is 3. The van der Waals surface area contributed by atoms with Crippen molar-refractivity contribution in [1.82, 2.24) is 14.8 Å². The average molecular weight is 252 g/mol. The maximum atomic E-state index is 10.4. The summed E-state index contributed by atoms with van der Waals surface area (Å²) in [6, 6.07) is 3.44. The molecule has 0 aliphatic rings. The third kappa shape index (κ3) is 1.72. The quantitative estimate of drug-likeness (QED) is 0.766. The lowest BCUT2D eigenvalue weighted by Crippen LogP contribution is -1.97. The highest BCUT2D eigenvalue weighted by molar-refractivity contribution is 9.10. The van der Waals surface area contributed by atoms with E-state index in [-0.39, 0.29) is 0 Å². The molecule has 0 fully saturated rings. The molecule has 0 spiro atoms. The fourth-order valence-corrected chi connectivity index (χ4v) is 1.31. The highest BCUT2D eigenvalue weighted by atomic mass is 79.9. The van der Waals surface area contributed by atoms with Gasteiger partial charge in [0.15, 0.2) is 12.1 Å². The Labute approximate surface area is 88.7 Å². The Kier molecular flexibility index (Phi) is 2.41.